The van der Waals surface area contributed by atoms with Crippen molar-refractivity contribution in [2.24, 2.45) is 0 Å². The number of hydrogen-bond donors (Lipinski definition) is 0. The Hall–Kier alpha value is -0.510. The highest BCUT2D eigenvalue weighted by molar-refractivity contribution is 6.48. The van der Waals surface area contributed by atoms with Crippen molar-refractivity contribution < 1.29 is 4.79 Å². The summed E-state index contributed by atoms with van der Waals surface area (Å²) in [6.07, 6.45) is 5.21. The predicted octanol–water partition coefficient (Wildman–Crippen LogP) is 2.74. The van der Waals surface area contributed by atoms with E-state index in [-0.39, 0.29) is 5.91 Å². The van der Waals surface area contributed by atoms with Crippen LogP contribution in [0.4, 0.5) is 0 Å². The molecule has 1 aliphatic heterocycles. The van der Waals surface area contributed by atoms with Crippen LogP contribution in [-0.2, 0) is 4.79 Å². The summed E-state index contributed by atoms with van der Waals surface area (Å²) in [7, 11) is 2.09. The lowest BCUT2D eigenvalue weighted by molar-refractivity contribution is -0.128. The van der Waals surface area contributed by atoms with Crippen LogP contribution < -0.4 is 0 Å². The summed E-state index contributed by atoms with van der Waals surface area (Å²) < 4.78 is -0.651. The third-order valence-corrected chi connectivity index (χ3v) is 5.16. The molecule has 3 aliphatic rings. The quantitative estimate of drug-likeness (QED) is 0.695. The summed E-state index contributed by atoms with van der Waals surface area (Å²) >= 11 is 12.5. The Labute approximate surface area is 130 Å². The molecular formula is C15H20Cl2N2O. The Bertz CT molecular complexity index is 488. The van der Waals surface area contributed by atoms with Gasteiger partial charge in [0.1, 0.15) is 4.33 Å². The maximum absolute atomic E-state index is 12.6. The highest BCUT2D eigenvalue weighted by Crippen LogP contribution is 2.45. The Balaban J connectivity index is 1.67. The van der Waals surface area contributed by atoms with Gasteiger partial charge in [0.15, 0.2) is 0 Å². The Kier molecular flexibility index (Phi) is 3.87. The predicted molar refractivity (Wildman–Crippen MR) is 82.1 cm³/mol. The molecule has 5 heteroatoms. The first-order chi connectivity index (χ1) is 9.44. The molecule has 1 fully saturated rings. The molecule has 0 saturated carbocycles. The molecule has 0 spiro atoms. The van der Waals surface area contributed by atoms with Crippen LogP contribution in [0.15, 0.2) is 22.8 Å². The molecule has 0 N–H and O–H groups in total. The molecule has 0 aromatic carbocycles. The highest BCUT2D eigenvalue weighted by atomic mass is 35.5. The second kappa shape index (κ2) is 5.36. The fourth-order valence-corrected chi connectivity index (χ4v) is 3.66. The van der Waals surface area contributed by atoms with E-state index < -0.39 is 4.33 Å². The van der Waals surface area contributed by atoms with Crippen LogP contribution in [0.2, 0.25) is 0 Å². The van der Waals surface area contributed by atoms with E-state index in [1.54, 1.807) is 0 Å². The average Bonchev–Trinajstić information content (AvgIpc) is 2.80. The molecule has 2 aliphatic carbocycles. The van der Waals surface area contributed by atoms with Gasteiger partial charge in [-0.05, 0) is 38.0 Å². The second-order valence-electron chi connectivity index (χ2n) is 6.10. The number of alkyl halides is 2. The first-order valence-corrected chi connectivity index (χ1v) is 7.97. The molecule has 20 heavy (non-hydrogen) atoms. The molecule has 0 aromatic heterocycles. The zero-order chi connectivity index (χ0) is 14.3. The number of allylic oxidation sites excluding steroid dienone is 3. The second-order valence-corrected chi connectivity index (χ2v) is 7.74. The van der Waals surface area contributed by atoms with Crippen LogP contribution in [-0.4, -0.2) is 53.3 Å². The summed E-state index contributed by atoms with van der Waals surface area (Å²) in [5.41, 5.74) is 3.48. The largest absolute Gasteiger partial charge is 0.336 e. The van der Waals surface area contributed by atoms with Gasteiger partial charge in [-0.25, -0.2) is 0 Å². The molecule has 0 radical (unpaired) electrons. The van der Waals surface area contributed by atoms with Crippen molar-refractivity contribution in [1.29, 1.82) is 0 Å². The summed E-state index contributed by atoms with van der Waals surface area (Å²) in [6.45, 7) is 3.57. The third kappa shape index (κ3) is 2.90. The van der Waals surface area contributed by atoms with Crippen LogP contribution in [0.1, 0.15) is 25.7 Å². The number of carbonyl (C=O) groups is 1. The topological polar surface area (TPSA) is 23.6 Å². The highest BCUT2D eigenvalue weighted by Gasteiger charge is 2.35. The normalized spacial score (nSPS) is 26.6. The van der Waals surface area contributed by atoms with E-state index >= 15 is 0 Å². The number of carbonyl (C=O) groups excluding carboxylic acids is 1. The summed E-state index contributed by atoms with van der Waals surface area (Å²) in [5, 5.41) is 0. The van der Waals surface area contributed by atoms with Crippen molar-refractivity contribution in [3.8, 4) is 0 Å². The minimum Gasteiger partial charge on any atom is -0.336 e. The van der Waals surface area contributed by atoms with Gasteiger partial charge in [-0.2, -0.15) is 0 Å². The Morgan fingerprint density at radius 1 is 1.25 bits per heavy atom. The van der Waals surface area contributed by atoms with E-state index in [2.05, 4.69) is 11.9 Å². The molecule has 110 valence electrons. The maximum Gasteiger partial charge on any atom is 0.250 e. The lowest BCUT2D eigenvalue weighted by Crippen LogP contribution is -2.47. The van der Waals surface area contributed by atoms with Gasteiger partial charge in [0.05, 0.1) is 0 Å². The van der Waals surface area contributed by atoms with Crippen molar-refractivity contribution in [3.63, 3.8) is 0 Å². The third-order valence-electron chi connectivity index (χ3n) is 4.51. The van der Waals surface area contributed by atoms with Gasteiger partial charge >= 0.3 is 0 Å². The Morgan fingerprint density at radius 3 is 2.65 bits per heavy atom. The molecular weight excluding hydrogens is 295 g/mol. The number of hydrogen-bond acceptors (Lipinski definition) is 2. The molecule has 1 saturated heterocycles. The summed E-state index contributed by atoms with van der Waals surface area (Å²) in [6, 6.07) is 0. The minimum absolute atomic E-state index is 0.197. The standard InChI is InChI=1S/C15H20Cl2N2O/c1-18-4-6-19(7-5-18)14(20)12-8-11-2-3-15(16,17)10-13(11)9-12/h9H,2-8,10H2,1H3. The lowest BCUT2D eigenvalue weighted by Gasteiger charge is -2.32. The summed E-state index contributed by atoms with van der Waals surface area (Å²) in [5.74, 6) is 0.197. The van der Waals surface area contributed by atoms with E-state index in [4.69, 9.17) is 23.2 Å². The van der Waals surface area contributed by atoms with Gasteiger partial charge in [0.25, 0.3) is 0 Å². The molecule has 0 atom stereocenters. The van der Waals surface area contributed by atoms with Gasteiger partial charge in [0, 0.05) is 38.2 Å². The molecule has 0 unspecified atom stereocenters. The number of piperazine rings is 1. The van der Waals surface area contributed by atoms with Crippen molar-refractivity contribution in [3.05, 3.63) is 22.8 Å². The van der Waals surface area contributed by atoms with E-state index in [1.165, 1.54) is 11.1 Å². The number of rotatable bonds is 1. The summed E-state index contributed by atoms with van der Waals surface area (Å²) in [4.78, 5) is 16.8. The first kappa shape index (κ1) is 14.4. The molecule has 3 rings (SSSR count). The molecule has 3 nitrogen and oxygen atoms in total. The van der Waals surface area contributed by atoms with Crippen molar-refractivity contribution in [2.75, 3.05) is 33.2 Å². The molecule has 0 aromatic rings. The van der Waals surface area contributed by atoms with Crippen LogP contribution >= 0.6 is 23.2 Å². The van der Waals surface area contributed by atoms with Gasteiger partial charge < -0.3 is 9.80 Å². The van der Waals surface area contributed by atoms with Crippen molar-refractivity contribution >= 4 is 29.1 Å². The maximum atomic E-state index is 12.6. The van der Waals surface area contributed by atoms with Crippen molar-refractivity contribution in [1.82, 2.24) is 9.80 Å². The van der Waals surface area contributed by atoms with E-state index in [0.29, 0.717) is 6.42 Å². The fraction of sp³-hybridized carbons (Fsp3) is 0.667. The molecule has 1 heterocycles. The fourth-order valence-electron chi connectivity index (χ4n) is 3.18. The smallest absolute Gasteiger partial charge is 0.250 e. The van der Waals surface area contributed by atoms with Crippen LogP contribution in [0, 0.1) is 0 Å². The van der Waals surface area contributed by atoms with Gasteiger partial charge in [0.2, 0.25) is 5.91 Å². The van der Waals surface area contributed by atoms with Gasteiger partial charge in [-0.1, -0.05) is 5.57 Å². The number of likely N-dealkylation sites (N-methyl/N-ethyl adjacent to an activating group) is 1. The monoisotopic (exact) mass is 314 g/mol. The van der Waals surface area contributed by atoms with E-state index in [0.717, 1.165) is 51.0 Å². The van der Waals surface area contributed by atoms with E-state index in [9.17, 15) is 4.79 Å². The first-order valence-electron chi connectivity index (χ1n) is 7.22. The van der Waals surface area contributed by atoms with Crippen molar-refractivity contribution in [2.45, 2.75) is 30.0 Å². The Morgan fingerprint density at radius 2 is 1.95 bits per heavy atom. The van der Waals surface area contributed by atoms with E-state index in [1.807, 2.05) is 11.0 Å². The zero-order valence-electron chi connectivity index (χ0n) is 11.8. The van der Waals surface area contributed by atoms with Crippen LogP contribution in [0.5, 0.6) is 0 Å². The SMILES string of the molecule is CN1CCN(C(=O)C2=CC3=C(CCC(Cl)(Cl)C3)C2)CC1. The van der Waals surface area contributed by atoms with Gasteiger partial charge in [-0.15, -0.1) is 23.2 Å². The van der Waals surface area contributed by atoms with Crippen LogP contribution in [0.25, 0.3) is 0 Å². The molecule has 1 amide bonds. The number of halogens is 2. The van der Waals surface area contributed by atoms with Gasteiger partial charge in [-0.3, -0.25) is 4.79 Å². The number of nitrogens with zero attached hydrogens (tertiary/aromatic N) is 2. The zero-order valence-corrected chi connectivity index (χ0v) is 13.3. The molecule has 0 bridgehead atoms. The van der Waals surface area contributed by atoms with Crippen LogP contribution in [0.3, 0.4) is 0 Å². The lowest BCUT2D eigenvalue weighted by atomic mass is 9.93. The number of amides is 1. The minimum atomic E-state index is -0.651. The average molecular weight is 315 g/mol.